The van der Waals surface area contributed by atoms with Gasteiger partial charge in [0.25, 0.3) is 0 Å². The average molecular weight is 143 g/mol. The summed E-state index contributed by atoms with van der Waals surface area (Å²) >= 11 is 0. The van der Waals surface area contributed by atoms with Crippen molar-refractivity contribution in [1.82, 2.24) is 10.6 Å². The SMILES string of the molecule is C1COC([C]2CNCO2)N1. The minimum absolute atomic E-state index is 0.0370. The summed E-state index contributed by atoms with van der Waals surface area (Å²) in [6, 6.07) is 0. The summed E-state index contributed by atoms with van der Waals surface area (Å²) in [6.45, 7) is 3.16. The van der Waals surface area contributed by atoms with Crippen molar-refractivity contribution in [3.63, 3.8) is 0 Å². The summed E-state index contributed by atoms with van der Waals surface area (Å²) in [5.74, 6) is 0. The Bertz CT molecular complexity index is 94.3. The smallest absolute Gasteiger partial charge is 0.156 e. The standard InChI is InChI=1S/C6H11N2O2/c1-2-9-6(8-1)5-3-7-4-10-5/h6-8H,1-4H2. The van der Waals surface area contributed by atoms with Crippen LogP contribution in [0.4, 0.5) is 0 Å². The Balaban J connectivity index is 1.85. The summed E-state index contributed by atoms with van der Waals surface area (Å²) in [7, 11) is 0. The van der Waals surface area contributed by atoms with E-state index >= 15 is 0 Å². The van der Waals surface area contributed by atoms with Gasteiger partial charge in [-0.3, -0.25) is 10.6 Å². The topological polar surface area (TPSA) is 42.5 Å². The van der Waals surface area contributed by atoms with E-state index in [-0.39, 0.29) is 6.23 Å². The van der Waals surface area contributed by atoms with Gasteiger partial charge < -0.3 is 9.47 Å². The second-order valence-corrected chi connectivity index (χ2v) is 2.39. The van der Waals surface area contributed by atoms with Crippen LogP contribution in [0.3, 0.4) is 0 Å². The first-order chi connectivity index (χ1) is 4.97. The zero-order valence-corrected chi connectivity index (χ0v) is 5.72. The lowest BCUT2D eigenvalue weighted by atomic mass is 10.3. The van der Waals surface area contributed by atoms with E-state index in [1.54, 1.807) is 0 Å². The molecule has 2 heterocycles. The van der Waals surface area contributed by atoms with E-state index in [4.69, 9.17) is 9.47 Å². The maximum absolute atomic E-state index is 5.32. The van der Waals surface area contributed by atoms with Gasteiger partial charge in [0.15, 0.2) is 6.10 Å². The van der Waals surface area contributed by atoms with Crippen LogP contribution in [0.2, 0.25) is 0 Å². The normalized spacial score (nSPS) is 35.4. The van der Waals surface area contributed by atoms with Crippen molar-refractivity contribution >= 4 is 0 Å². The van der Waals surface area contributed by atoms with E-state index in [1.165, 1.54) is 0 Å². The van der Waals surface area contributed by atoms with E-state index < -0.39 is 0 Å². The van der Waals surface area contributed by atoms with Crippen LogP contribution in [0.15, 0.2) is 0 Å². The molecule has 2 aliphatic rings. The Kier molecular flexibility index (Phi) is 1.86. The molecule has 0 bridgehead atoms. The van der Waals surface area contributed by atoms with Crippen molar-refractivity contribution in [2.45, 2.75) is 6.23 Å². The molecule has 0 spiro atoms. The molecule has 4 heteroatoms. The predicted molar refractivity (Wildman–Crippen MR) is 34.9 cm³/mol. The molecule has 1 unspecified atom stereocenters. The van der Waals surface area contributed by atoms with E-state index in [2.05, 4.69) is 10.6 Å². The number of hydrogen-bond acceptors (Lipinski definition) is 4. The third-order valence-corrected chi connectivity index (χ3v) is 1.67. The van der Waals surface area contributed by atoms with Gasteiger partial charge in [-0.05, 0) is 0 Å². The Morgan fingerprint density at radius 1 is 1.50 bits per heavy atom. The van der Waals surface area contributed by atoms with E-state index in [9.17, 15) is 0 Å². The van der Waals surface area contributed by atoms with E-state index in [1.807, 2.05) is 0 Å². The fourth-order valence-electron chi connectivity index (χ4n) is 1.17. The van der Waals surface area contributed by atoms with Gasteiger partial charge >= 0.3 is 0 Å². The number of nitrogens with one attached hydrogen (secondary N) is 2. The van der Waals surface area contributed by atoms with Crippen molar-refractivity contribution in [3.8, 4) is 0 Å². The van der Waals surface area contributed by atoms with Gasteiger partial charge in [-0.1, -0.05) is 0 Å². The summed E-state index contributed by atoms with van der Waals surface area (Å²) in [5.41, 5.74) is 0. The number of ether oxygens (including phenoxy) is 2. The van der Waals surface area contributed by atoms with Crippen molar-refractivity contribution in [2.24, 2.45) is 0 Å². The number of rotatable bonds is 1. The van der Waals surface area contributed by atoms with Gasteiger partial charge in [-0.15, -0.1) is 0 Å². The van der Waals surface area contributed by atoms with Crippen LogP contribution in [0.1, 0.15) is 0 Å². The highest BCUT2D eigenvalue weighted by Crippen LogP contribution is 2.15. The number of hydrogen-bond donors (Lipinski definition) is 2. The monoisotopic (exact) mass is 143 g/mol. The first-order valence-corrected chi connectivity index (χ1v) is 3.51. The van der Waals surface area contributed by atoms with Crippen molar-refractivity contribution < 1.29 is 9.47 Å². The third kappa shape index (κ3) is 1.15. The van der Waals surface area contributed by atoms with Crippen molar-refractivity contribution in [2.75, 3.05) is 26.4 Å². The summed E-state index contributed by atoms with van der Waals surface area (Å²) < 4.78 is 10.6. The molecule has 0 saturated carbocycles. The molecule has 0 aliphatic carbocycles. The molecule has 2 fully saturated rings. The third-order valence-electron chi connectivity index (χ3n) is 1.67. The molecular formula is C6H11N2O2. The van der Waals surface area contributed by atoms with Crippen LogP contribution in [-0.4, -0.2) is 32.7 Å². The lowest BCUT2D eigenvalue weighted by Crippen LogP contribution is -2.31. The molecule has 0 aromatic heterocycles. The van der Waals surface area contributed by atoms with Gasteiger partial charge in [0.05, 0.1) is 13.3 Å². The highest BCUT2D eigenvalue weighted by Gasteiger charge is 2.29. The molecule has 1 atom stereocenters. The highest BCUT2D eigenvalue weighted by molar-refractivity contribution is 4.94. The largest absolute Gasteiger partial charge is 0.359 e. The van der Waals surface area contributed by atoms with Crippen molar-refractivity contribution in [1.29, 1.82) is 0 Å². The second-order valence-electron chi connectivity index (χ2n) is 2.39. The molecular weight excluding hydrogens is 132 g/mol. The molecule has 10 heavy (non-hydrogen) atoms. The zero-order valence-electron chi connectivity index (χ0n) is 5.72. The molecule has 1 radical (unpaired) electrons. The van der Waals surface area contributed by atoms with Crippen LogP contribution < -0.4 is 10.6 Å². The van der Waals surface area contributed by atoms with E-state index in [0.717, 1.165) is 25.8 Å². The van der Waals surface area contributed by atoms with Crippen LogP contribution in [-0.2, 0) is 9.47 Å². The van der Waals surface area contributed by atoms with Crippen LogP contribution >= 0.6 is 0 Å². The molecule has 0 amide bonds. The van der Waals surface area contributed by atoms with Crippen molar-refractivity contribution in [3.05, 3.63) is 6.10 Å². The van der Waals surface area contributed by atoms with Gasteiger partial charge in [-0.25, -0.2) is 0 Å². The molecule has 2 rings (SSSR count). The predicted octanol–water partition coefficient (Wildman–Crippen LogP) is -0.958. The maximum Gasteiger partial charge on any atom is 0.156 e. The lowest BCUT2D eigenvalue weighted by molar-refractivity contribution is 0.0388. The zero-order chi connectivity index (χ0) is 6.81. The summed E-state index contributed by atoms with van der Waals surface area (Å²) in [4.78, 5) is 0. The van der Waals surface area contributed by atoms with Gasteiger partial charge in [0.2, 0.25) is 0 Å². The van der Waals surface area contributed by atoms with E-state index in [0.29, 0.717) is 6.73 Å². The van der Waals surface area contributed by atoms with Gasteiger partial charge in [-0.2, -0.15) is 0 Å². The minimum atomic E-state index is 0.0370. The quantitative estimate of drug-likeness (QED) is 0.496. The second kappa shape index (κ2) is 2.84. The Hall–Kier alpha value is -0.160. The lowest BCUT2D eigenvalue weighted by Gasteiger charge is -2.13. The van der Waals surface area contributed by atoms with Gasteiger partial charge in [0.1, 0.15) is 6.23 Å². The fourth-order valence-corrected chi connectivity index (χ4v) is 1.17. The van der Waals surface area contributed by atoms with Crippen LogP contribution in [0, 0.1) is 6.10 Å². The molecule has 4 nitrogen and oxygen atoms in total. The Labute approximate surface area is 59.9 Å². The van der Waals surface area contributed by atoms with Gasteiger partial charge in [0, 0.05) is 13.1 Å². The summed E-state index contributed by atoms with van der Waals surface area (Å²) in [5, 5.41) is 6.24. The molecule has 0 aromatic rings. The Morgan fingerprint density at radius 2 is 2.50 bits per heavy atom. The Morgan fingerprint density at radius 3 is 3.10 bits per heavy atom. The average Bonchev–Trinajstić information content (AvgIpc) is 2.59. The molecule has 57 valence electrons. The van der Waals surface area contributed by atoms with Crippen LogP contribution in [0.25, 0.3) is 0 Å². The molecule has 2 aliphatic heterocycles. The fraction of sp³-hybridized carbons (Fsp3) is 0.833. The minimum Gasteiger partial charge on any atom is -0.359 e. The maximum atomic E-state index is 5.32. The first-order valence-electron chi connectivity index (χ1n) is 3.51. The summed E-state index contributed by atoms with van der Waals surface area (Å²) in [6.07, 6.45) is 1.02. The molecule has 2 saturated heterocycles. The van der Waals surface area contributed by atoms with Crippen LogP contribution in [0.5, 0.6) is 0 Å². The molecule has 0 aromatic carbocycles. The molecule has 2 N–H and O–H groups in total. The highest BCUT2D eigenvalue weighted by atomic mass is 16.6. The first kappa shape index (κ1) is 6.54.